The van der Waals surface area contributed by atoms with Crippen LogP contribution in [0.2, 0.25) is 0 Å². The van der Waals surface area contributed by atoms with Crippen LogP contribution in [0, 0.1) is 11.7 Å². The third-order valence-electron chi connectivity index (χ3n) is 4.70. The fourth-order valence-corrected chi connectivity index (χ4v) is 3.13. The predicted octanol–water partition coefficient (Wildman–Crippen LogP) is 3.50. The number of halogens is 1. The van der Waals surface area contributed by atoms with E-state index in [9.17, 15) is 9.50 Å². The molecule has 0 atom stereocenters. The fraction of sp³-hybridized carbons (Fsp3) is 0.333. The van der Waals surface area contributed by atoms with Gasteiger partial charge in [-0.25, -0.2) is 14.4 Å². The summed E-state index contributed by atoms with van der Waals surface area (Å²) in [6, 6.07) is 5.97. The van der Waals surface area contributed by atoms with Gasteiger partial charge in [-0.1, -0.05) is 6.92 Å². The second-order valence-electron chi connectivity index (χ2n) is 6.44. The number of piperidine rings is 1. The van der Waals surface area contributed by atoms with Crippen molar-refractivity contribution >= 4 is 16.9 Å². The summed E-state index contributed by atoms with van der Waals surface area (Å²) >= 11 is 0. The van der Waals surface area contributed by atoms with Crippen molar-refractivity contribution in [2.75, 3.05) is 18.0 Å². The minimum Gasteiger partial charge on any atom is -0.494 e. The molecule has 0 saturated carbocycles. The summed E-state index contributed by atoms with van der Waals surface area (Å²) in [5, 5.41) is 11.0. The summed E-state index contributed by atoms with van der Waals surface area (Å²) in [7, 11) is 0. The molecule has 3 aromatic rings. The van der Waals surface area contributed by atoms with Crippen LogP contribution in [-0.4, -0.2) is 32.7 Å². The number of benzene rings is 1. The third kappa shape index (κ3) is 2.58. The van der Waals surface area contributed by atoms with Crippen LogP contribution in [-0.2, 0) is 0 Å². The summed E-state index contributed by atoms with van der Waals surface area (Å²) in [4.78, 5) is 11.2. The molecule has 1 saturated heterocycles. The second kappa shape index (κ2) is 5.78. The standard InChI is InChI=1S/C18H19FN4O/c1-12-6-8-22(9-7-12)18-20-10-15-16(21-18)11-23(17(15)24)14-4-2-13(19)3-5-14/h2-5,10-12,24H,6-9H2,1H3. The van der Waals surface area contributed by atoms with Crippen molar-refractivity contribution in [3.05, 3.63) is 42.5 Å². The lowest BCUT2D eigenvalue weighted by Crippen LogP contribution is -2.33. The molecule has 6 heteroatoms. The van der Waals surface area contributed by atoms with Gasteiger partial charge < -0.3 is 10.0 Å². The zero-order chi connectivity index (χ0) is 16.7. The number of hydrogen-bond donors (Lipinski definition) is 1. The number of anilines is 1. The Kier molecular flexibility index (Phi) is 3.59. The lowest BCUT2D eigenvalue weighted by Gasteiger charge is -2.30. The van der Waals surface area contributed by atoms with E-state index in [1.807, 2.05) is 0 Å². The summed E-state index contributed by atoms with van der Waals surface area (Å²) in [6.45, 7) is 4.18. The summed E-state index contributed by atoms with van der Waals surface area (Å²) in [6.07, 6.45) is 5.70. The highest BCUT2D eigenvalue weighted by molar-refractivity contribution is 5.85. The third-order valence-corrected chi connectivity index (χ3v) is 4.70. The lowest BCUT2D eigenvalue weighted by molar-refractivity contribution is 0.434. The van der Waals surface area contributed by atoms with E-state index in [2.05, 4.69) is 21.8 Å². The molecular weight excluding hydrogens is 307 g/mol. The Hall–Kier alpha value is -2.63. The van der Waals surface area contributed by atoms with Crippen LogP contribution >= 0.6 is 0 Å². The number of rotatable bonds is 2. The maximum Gasteiger partial charge on any atom is 0.225 e. The SMILES string of the molecule is CC1CCN(c2ncc3c(O)n(-c4ccc(F)cc4)cc3n2)CC1. The Labute approximate surface area is 139 Å². The molecule has 0 radical (unpaired) electrons. The molecule has 0 spiro atoms. The molecule has 0 amide bonds. The molecule has 0 aliphatic carbocycles. The van der Waals surface area contributed by atoms with Gasteiger partial charge in [0.1, 0.15) is 5.82 Å². The van der Waals surface area contributed by atoms with E-state index in [1.165, 1.54) is 12.1 Å². The highest BCUT2D eigenvalue weighted by atomic mass is 19.1. The molecule has 1 aliphatic rings. The normalized spacial score (nSPS) is 16.0. The van der Waals surface area contributed by atoms with Crippen LogP contribution in [0.1, 0.15) is 19.8 Å². The summed E-state index contributed by atoms with van der Waals surface area (Å²) in [5.41, 5.74) is 1.36. The van der Waals surface area contributed by atoms with Gasteiger partial charge in [-0.05, 0) is 43.0 Å². The Morgan fingerprint density at radius 1 is 1.17 bits per heavy atom. The average Bonchev–Trinajstić information content (AvgIpc) is 2.92. The summed E-state index contributed by atoms with van der Waals surface area (Å²) < 4.78 is 14.7. The molecule has 5 nitrogen and oxygen atoms in total. The van der Waals surface area contributed by atoms with Crippen LogP contribution in [0.15, 0.2) is 36.7 Å². The highest BCUT2D eigenvalue weighted by Gasteiger charge is 2.19. The van der Waals surface area contributed by atoms with Crippen molar-refractivity contribution < 1.29 is 9.50 Å². The van der Waals surface area contributed by atoms with E-state index in [0.717, 1.165) is 31.8 Å². The first-order chi connectivity index (χ1) is 11.6. The minimum atomic E-state index is -0.309. The molecule has 4 rings (SSSR count). The van der Waals surface area contributed by atoms with Gasteiger partial charge in [-0.3, -0.25) is 4.57 Å². The van der Waals surface area contributed by atoms with Gasteiger partial charge in [0.05, 0.1) is 10.9 Å². The number of aromatic nitrogens is 3. The van der Waals surface area contributed by atoms with Gasteiger partial charge in [0.25, 0.3) is 0 Å². The van der Waals surface area contributed by atoms with Crippen LogP contribution in [0.4, 0.5) is 10.3 Å². The van der Waals surface area contributed by atoms with Crippen LogP contribution in [0.25, 0.3) is 16.6 Å². The minimum absolute atomic E-state index is 0.0652. The van der Waals surface area contributed by atoms with Crippen molar-refractivity contribution in [3.63, 3.8) is 0 Å². The first kappa shape index (κ1) is 14.9. The Morgan fingerprint density at radius 2 is 1.88 bits per heavy atom. The molecular formula is C18H19FN4O. The maximum atomic E-state index is 13.1. The molecule has 1 aliphatic heterocycles. The van der Waals surface area contributed by atoms with Crippen molar-refractivity contribution in [1.82, 2.24) is 14.5 Å². The van der Waals surface area contributed by atoms with E-state index in [0.29, 0.717) is 22.5 Å². The summed E-state index contributed by atoms with van der Waals surface area (Å²) in [5.74, 6) is 1.20. The second-order valence-corrected chi connectivity index (χ2v) is 6.44. The van der Waals surface area contributed by atoms with Crippen molar-refractivity contribution in [3.8, 4) is 11.6 Å². The lowest BCUT2D eigenvalue weighted by atomic mass is 10.00. The first-order valence-corrected chi connectivity index (χ1v) is 8.20. The van der Waals surface area contributed by atoms with E-state index >= 15 is 0 Å². The average molecular weight is 326 g/mol. The molecule has 3 heterocycles. The molecule has 1 fully saturated rings. The van der Waals surface area contributed by atoms with E-state index in [-0.39, 0.29) is 11.7 Å². The van der Waals surface area contributed by atoms with Gasteiger partial charge in [0, 0.05) is 31.2 Å². The molecule has 1 N–H and O–H groups in total. The zero-order valence-corrected chi connectivity index (χ0v) is 13.5. The Bertz CT molecular complexity index is 867. The monoisotopic (exact) mass is 326 g/mol. The van der Waals surface area contributed by atoms with Gasteiger partial charge in [-0.15, -0.1) is 0 Å². The Morgan fingerprint density at radius 3 is 2.58 bits per heavy atom. The largest absolute Gasteiger partial charge is 0.494 e. The number of fused-ring (bicyclic) bond motifs is 1. The smallest absolute Gasteiger partial charge is 0.225 e. The fourth-order valence-electron chi connectivity index (χ4n) is 3.13. The van der Waals surface area contributed by atoms with Crippen molar-refractivity contribution in [2.24, 2.45) is 5.92 Å². The Balaban J connectivity index is 1.71. The van der Waals surface area contributed by atoms with Crippen LogP contribution < -0.4 is 4.90 Å². The quantitative estimate of drug-likeness (QED) is 0.783. The van der Waals surface area contributed by atoms with Gasteiger partial charge in [0.2, 0.25) is 11.8 Å². The molecule has 0 bridgehead atoms. The van der Waals surface area contributed by atoms with E-state index in [1.54, 1.807) is 29.1 Å². The molecule has 1 aromatic carbocycles. The number of hydrogen-bond acceptors (Lipinski definition) is 4. The van der Waals surface area contributed by atoms with E-state index < -0.39 is 0 Å². The number of nitrogens with zero attached hydrogens (tertiary/aromatic N) is 4. The van der Waals surface area contributed by atoms with E-state index in [4.69, 9.17) is 0 Å². The maximum absolute atomic E-state index is 13.1. The van der Waals surface area contributed by atoms with Gasteiger partial charge in [-0.2, -0.15) is 0 Å². The molecule has 124 valence electrons. The zero-order valence-electron chi connectivity index (χ0n) is 13.5. The van der Waals surface area contributed by atoms with Crippen molar-refractivity contribution in [1.29, 1.82) is 0 Å². The topological polar surface area (TPSA) is 54.2 Å². The molecule has 24 heavy (non-hydrogen) atoms. The van der Waals surface area contributed by atoms with Crippen LogP contribution in [0.5, 0.6) is 5.88 Å². The predicted molar refractivity (Wildman–Crippen MR) is 91.1 cm³/mol. The van der Waals surface area contributed by atoms with Crippen LogP contribution in [0.3, 0.4) is 0 Å². The molecule has 2 aromatic heterocycles. The van der Waals surface area contributed by atoms with Gasteiger partial charge >= 0.3 is 0 Å². The van der Waals surface area contributed by atoms with Crippen molar-refractivity contribution in [2.45, 2.75) is 19.8 Å². The first-order valence-electron chi connectivity index (χ1n) is 8.20. The van der Waals surface area contributed by atoms with Gasteiger partial charge in [0.15, 0.2) is 0 Å². The highest BCUT2D eigenvalue weighted by Crippen LogP contribution is 2.30. The number of aromatic hydroxyl groups is 1. The molecule has 0 unspecified atom stereocenters.